The molecule has 0 atom stereocenters. The van der Waals surface area contributed by atoms with Crippen molar-refractivity contribution in [2.75, 3.05) is 18.4 Å². The van der Waals surface area contributed by atoms with Crippen molar-refractivity contribution in [2.24, 2.45) is 5.41 Å². The van der Waals surface area contributed by atoms with Gasteiger partial charge in [-0.05, 0) is 30.5 Å². The number of nitrogens with zero attached hydrogens (tertiary/aromatic N) is 1. The predicted octanol–water partition coefficient (Wildman–Crippen LogP) is 3.92. The number of nitrogens with one attached hydrogen (secondary N) is 2. The van der Waals surface area contributed by atoms with E-state index in [4.69, 9.17) is 0 Å². The molecular weight excluding hydrogens is 364 g/mol. The standard InChI is InChI=1S/C21H23F2N3O2/c1-21(19(27)24-14-15-5-3-2-4-6-15)9-11-26(12-10-21)20(28)25-18-13-16(22)7-8-17(18)23/h2-8,13H,9-12,14H2,1H3,(H,24,27)(H,25,28). The Hall–Kier alpha value is -2.96. The number of amides is 3. The summed E-state index contributed by atoms with van der Waals surface area (Å²) in [6, 6.07) is 12.0. The highest BCUT2D eigenvalue weighted by Gasteiger charge is 2.38. The number of likely N-dealkylation sites (tertiary alicyclic amines) is 1. The molecule has 0 saturated carbocycles. The molecule has 3 amide bonds. The molecule has 1 aliphatic heterocycles. The van der Waals surface area contributed by atoms with E-state index < -0.39 is 23.1 Å². The number of benzene rings is 2. The number of anilines is 1. The van der Waals surface area contributed by atoms with Crippen LogP contribution in [0.1, 0.15) is 25.3 Å². The van der Waals surface area contributed by atoms with E-state index in [1.165, 1.54) is 4.90 Å². The third kappa shape index (κ3) is 4.65. The maximum atomic E-state index is 13.7. The van der Waals surface area contributed by atoms with Gasteiger partial charge in [0.25, 0.3) is 0 Å². The zero-order valence-electron chi connectivity index (χ0n) is 15.7. The molecule has 1 saturated heterocycles. The van der Waals surface area contributed by atoms with Crippen LogP contribution in [-0.4, -0.2) is 29.9 Å². The van der Waals surface area contributed by atoms with E-state index in [2.05, 4.69) is 10.6 Å². The van der Waals surface area contributed by atoms with Crippen LogP contribution in [0.5, 0.6) is 0 Å². The summed E-state index contributed by atoms with van der Waals surface area (Å²) in [5.74, 6) is -1.37. The lowest BCUT2D eigenvalue weighted by Gasteiger charge is -2.38. The fraction of sp³-hybridized carbons (Fsp3) is 0.333. The fourth-order valence-electron chi connectivity index (χ4n) is 3.21. The molecule has 28 heavy (non-hydrogen) atoms. The molecule has 0 bridgehead atoms. The van der Waals surface area contributed by atoms with E-state index in [1.54, 1.807) is 0 Å². The zero-order chi connectivity index (χ0) is 20.1. The van der Waals surface area contributed by atoms with Crippen LogP contribution in [0.15, 0.2) is 48.5 Å². The summed E-state index contributed by atoms with van der Waals surface area (Å²) in [6.07, 6.45) is 0.985. The van der Waals surface area contributed by atoms with Crippen LogP contribution in [0.2, 0.25) is 0 Å². The smallest absolute Gasteiger partial charge is 0.321 e. The van der Waals surface area contributed by atoms with Crippen molar-refractivity contribution in [3.8, 4) is 0 Å². The van der Waals surface area contributed by atoms with Gasteiger partial charge in [-0.25, -0.2) is 13.6 Å². The number of carbonyl (C=O) groups excluding carboxylic acids is 2. The first-order chi connectivity index (χ1) is 13.4. The number of rotatable bonds is 4. The quantitative estimate of drug-likeness (QED) is 0.836. The maximum absolute atomic E-state index is 13.7. The molecule has 5 nitrogen and oxygen atoms in total. The van der Waals surface area contributed by atoms with Crippen LogP contribution in [0.3, 0.4) is 0 Å². The number of hydrogen-bond acceptors (Lipinski definition) is 2. The Balaban J connectivity index is 1.53. The number of halogens is 2. The molecule has 2 aromatic carbocycles. The van der Waals surface area contributed by atoms with Gasteiger partial charge in [0.1, 0.15) is 11.6 Å². The van der Waals surface area contributed by atoms with Gasteiger partial charge in [0.2, 0.25) is 5.91 Å². The number of piperidine rings is 1. The summed E-state index contributed by atoms with van der Waals surface area (Å²) < 4.78 is 26.9. The molecule has 7 heteroatoms. The van der Waals surface area contributed by atoms with Gasteiger partial charge in [0.05, 0.1) is 5.69 Å². The Morgan fingerprint density at radius 1 is 1.07 bits per heavy atom. The minimum atomic E-state index is -0.697. The van der Waals surface area contributed by atoms with Gasteiger partial charge >= 0.3 is 6.03 Å². The average molecular weight is 387 g/mol. The normalized spacial score (nSPS) is 15.8. The summed E-state index contributed by atoms with van der Waals surface area (Å²) in [7, 11) is 0. The van der Waals surface area contributed by atoms with E-state index in [9.17, 15) is 18.4 Å². The molecule has 2 N–H and O–H groups in total. The first-order valence-electron chi connectivity index (χ1n) is 9.21. The zero-order valence-corrected chi connectivity index (χ0v) is 15.7. The van der Waals surface area contributed by atoms with E-state index in [0.717, 1.165) is 23.8 Å². The molecule has 1 fully saturated rings. The number of hydrogen-bond donors (Lipinski definition) is 2. The lowest BCUT2D eigenvalue weighted by Crippen LogP contribution is -2.49. The number of carbonyl (C=O) groups is 2. The Bertz CT molecular complexity index is 850. The van der Waals surface area contributed by atoms with Crippen LogP contribution in [0, 0.1) is 17.0 Å². The Labute approximate surface area is 162 Å². The lowest BCUT2D eigenvalue weighted by atomic mass is 9.79. The molecule has 3 rings (SSSR count). The highest BCUT2D eigenvalue weighted by atomic mass is 19.1. The van der Waals surface area contributed by atoms with Crippen molar-refractivity contribution in [3.05, 3.63) is 65.7 Å². The van der Waals surface area contributed by atoms with Crippen LogP contribution in [0.4, 0.5) is 19.3 Å². The molecule has 0 unspecified atom stereocenters. The Morgan fingerprint density at radius 2 is 1.75 bits per heavy atom. The van der Waals surface area contributed by atoms with Gasteiger partial charge in [-0.3, -0.25) is 4.79 Å². The Morgan fingerprint density at radius 3 is 2.43 bits per heavy atom. The van der Waals surface area contributed by atoms with Gasteiger partial charge < -0.3 is 15.5 Å². The summed E-state index contributed by atoms with van der Waals surface area (Å²) in [5, 5.41) is 5.35. The minimum absolute atomic E-state index is 0.0485. The molecule has 0 aromatic heterocycles. The van der Waals surface area contributed by atoms with Crippen LogP contribution in [0.25, 0.3) is 0 Å². The molecular formula is C21H23F2N3O2. The van der Waals surface area contributed by atoms with E-state index >= 15 is 0 Å². The predicted molar refractivity (Wildman–Crippen MR) is 103 cm³/mol. The van der Waals surface area contributed by atoms with Gasteiger partial charge in [-0.1, -0.05) is 37.3 Å². The van der Waals surface area contributed by atoms with Gasteiger partial charge in [0.15, 0.2) is 0 Å². The largest absolute Gasteiger partial charge is 0.352 e. The highest BCUT2D eigenvalue weighted by Crippen LogP contribution is 2.31. The van der Waals surface area contributed by atoms with Gasteiger partial charge in [-0.2, -0.15) is 0 Å². The third-order valence-electron chi connectivity index (χ3n) is 5.17. The van der Waals surface area contributed by atoms with Crippen LogP contribution >= 0.6 is 0 Å². The second kappa shape index (κ2) is 8.37. The summed E-state index contributed by atoms with van der Waals surface area (Å²) in [5.41, 5.74) is 0.252. The first kappa shape index (κ1) is 19.8. The Kier molecular flexibility index (Phi) is 5.92. The molecule has 1 aliphatic rings. The van der Waals surface area contributed by atoms with Crippen molar-refractivity contribution in [2.45, 2.75) is 26.3 Å². The van der Waals surface area contributed by atoms with Gasteiger partial charge in [0, 0.05) is 31.1 Å². The van der Waals surface area contributed by atoms with Crippen molar-refractivity contribution in [1.29, 1.82) is 0 Å². The molecule has 2 aromatic rings. The molecule has 148 valence electrons. The van der Waals surface area contributed by atoms with Crippen molar-refractivity contribution >= 4 is 17.6 Å². The second-order valence-electron chi connectivity index (χ2n) is 7.27. The van der Waals surface area contributed by atoms with E-state index in [-0.39, 0.29) is 11.6 Å². The fourth-order valence-corrected chi connectivity index (χ4v) is 3.21. The topological polar surface area (TPSA) is 61.4 Å². The summed E-state index contributed by atoms with van der Waals surface area (Å²) in [4.78, 5) is 26.5. The van der Waals surface area contributed by atoms with Crippen molar-refractivity contribution in [3.63, 3.8) is 0 Å². The molecule has 0 radical (unpaired) electrons. The van der Waals surface area contributed by atoms with E-state index in [1.807, 2.05) is 37.3 Å². The van der Waals surface area contributed by atoms with Gasteiger partial charge in [-0.15, -0.1) is 0 Å². The maximum Gasteiger partial charge on any atom is 0.321 e. The average Bonchev–Trinajstić information content (AvgIpc) is 2.70. The first-order valence-corrected chi connectivity index (χ1v) is 9.21. The second-order valence-corrected chi connectivity index (χ2v) is 7.27. The summed E-state index contributed by atoms with van der Waals surface area (Å²) in [6.45, 7) is 3.06. The molecule has 0 spiro atoms. The van der Waals surface area contributed by atoms with Crippen molar-refractivity contribution < 1.29 is 18.4 Å². The SMILES string of the molecule is CC1(C(=O)NCc2ccccc2)CCN(C(=O)Nc2cc(F)ccc2F)CC1. The summed E-state index contributed by atoms with van der Waals surface area (Å²) >= 11 is 0. The van der Waals surface area contributed by atoms with Crippen LogP contribution < -0.4 is 10.6 Å². The van der Waals surface area contributed by atoms with Crippen molar-refractivity contribution in [1.82, 2.24) is 10.2 Å². The van der Waals surface area contributed by atoms with E-state index in [0.29, 0.717) is 32.5 Å². The monoisotopic (exact) mass is 387 g/mol. The number of urea groups is 1. The highest BCUT2D eigenvalue weighted by molar-refractivity contribution is 5.90. The van der Waals surface area contributed by atoms with Crippen LogP contribution in [-0.2, 0) is 11.3 Å². The minimum Gasteiger partial charge on any atom is -0.352 e. The third-order valence-corrected chi connectivity index (χ3v) is 5.17. The molecule has 0 aliphatic carbocycles. The lowest BCUT2D eigenvalue weighted by molar-refractivity contribution is -0.132. The molecule has 1 heterocycles.